The van der Waals surface area contributed by atoms with Gasteiger partial charge < -0.3 is 10.1 Å². The van der Waals surface area contributed by atoms with Gasteiger partial charge in [-0.1, -0.05) is 29.8 Å². The summed E-state index contributed by atoms with van der Waals surface area (Å²) in [6, 6.07) is 7.88. The number of hydrazine groups is 1. The van der Waals surface area contributed by atoms with Crippen LogP contribution in [0.2, 0.25) is 0 Å². The van der Waals surface area contributed by atoms with Gasteiger partial charge >= 0.3 is 0 Å². The molecule has 0 saturated carbocycles. The van der Waals surface area contributed by atoms with Crippen molar-refractivity contribution in [2.24, 2.45) is 0 Å². The summed E-state index contributed by atoms with van der Waals surface area (Å²) < 4.78 is 7.24. The zero-order valence-electron chi connectivity index (χ0n) is 18.4. The molecule has 4 rings (SSSR count). The summed E-state index contributed by atoms with van der Waals surface area (Å²) in [6.45, 7) is 6.01. The van der Waals surface area contributed by atoms with Gasteiger partial charge in [0.2, 0.25) is 5.91 Å². The van der Waals surface area contributed by atoms with E-state index in [4.69, 9.17) is 4.74 Å². The SMILES string of the molecule is CCn1ncc2c(NC3CCOCC3)c(C(=O)NNC(=O)Cc3ccc(C)cc3)cnc21. The van der Waals surface area contributed by atoms with Gasteiger partial charge in [0.05, 0.1) is 29.3 Å². The van der Waals surface area contributed by atoms with Gasteiger partial charge in [0.15, 0.2) is 5.65 Å². The summed E-state index contributed by atoms with van der Waals surface area (Å²) in [5, 5.41) is 8.65. The fourth-order valence-electron chi connectivity index (χ4n) is 3.76. The minimum atomic E-state index is -0.435. The second-order valence-electron chi connectivity index (χ2n) is 7.94. The number of fused-ring (bicyclic) bond motifs is 1. The number of rotatable bonds is 6. The first-order valence-corrected chi connectivity index (χ1v) is 10.9. The Morgan fingerprint density at radius 2 is 1.88 bits per heavy atom. The van der Waals surface area contributed by atoms with E-state index < -0.39 is 5.91 Å². The minimum Gasteiger partial charge on any atom is -0.381 e. The highest BCUT2D eigenvalue weighted by atomic mass is 16.5. The number of amides is 2. The molecule has 3 aromatic rings. The molecule has 2 amide bonds. The number of aromatic nitrogens is 3. The van der Waals surface area contributed by atoms with Gasteiger partial charge in [-0.05, 0) is 32.3 Å². The van der Waals surface area contributed by atoms with Crippen molar-refractivity contribution >= 4 is 28.5 Å². The maximum atomic E-state index is 13.0. The third kappa shape index (κ3) is 4.88. The Hall–Kier alpha value is -3.46. The van der Waals surface area contributed by atoms with Crippen LogP contribution in [0.4, 0.5) is 5.69 Å². The number of carbonyl (C=O) groups excluding carboxylic acids is 2. The summed E-state index contributed by atoms with van der Waals surface area (Å²) in [4.78, 5) is 29.7. The predicted octanol–water partition coefficient (Wildman–Crippen LogP) is 2.35. The lowest BCUT2D eigenvalue weighted by Crippen LogP contribution is -2.42. The first-order valence-electron chi connectivity index (χ1n) is 10.9. The Morgan fingerprint density at radius 3 is 2.59 bits per heavy atom. The number of hydrogen-bond acceptors (Lipinski definition) is 6. The minimum absolute atomic E-state index is 0.175. The summed E-state index contributed by atoms with van der Waals surface area (Å²) in [5.41, 5.74) is 8.77. The summed E-state index contributed by atoms with van der Waals surface area (Å²) in [7, 11) is 0. The van der Waals surface area contributed by atoms with E-state index in [1.807, 2.05) is 38.1 Å². The van der Waals surface area contributed by atoms with Crippen molar-refractivity contribution in [2.45, 2.75) is 45.7 Å². The van der Waals surface area contributed by atoms with Crippen molar-refractivity contribution in [3.8, 4) is 0 Å². The predicted molar refractivity (Wildman–Crippen MR) is 121 cm³/mol. The lowest BCUT2D eigenvalue weighted by atomic mass is 10.1. The van der Waals surface area contributed by atoms with Gasteiger partial charge in [-0.15, -0.1) is 0 Å². The molecule has 0 radical (unpaired) electrons. The van der Waals surface area contributed by atoms with Gasteiger partial charge in [-0.25, -0.2) is 9.67 Å². The topological polar surface area (TPSA) is 110 Å². The first kappa shape index (κ1) is 21.8. The second-order valence-corrected chi connectivity index (χ2v) is 7.94. The molecule has 168 valence electrons. The zero-order chi connectivity index (χ0) is 22.5. The smallest absolute Gasteiger partial charge is 0.273 e. The Labute approximate surface area is 186 Å². The van der Waals surface area contributed by atoms with Crippen LogP contribution in [-0.4, -0.2) is 45.8 Å². The lowest BCUT2D eigenvalue weighted by molar-refractivity contribution is -0.121. The van der Waals surface area contributed by atoms with E-state index in [0.717, 1.165) is 29.4 Å². The molecule has 9 heteroatoms. The molecule has 1 fully saturated rings. The molecule has 0 atom stereocenters. The summed E-state index contributed by atoms with van der Waals surface area (Å²) >= 11 is 0. The highest BCUT2D eigenvalue weighted by Gasteiger charge is 2.22. The first-order chi connectivity index (χ1) is 15.5. The Bertz CT molecular complexity index is 1100. The number of nitrogens with zero attached hydrogens (tertiary/aromatic N) is 3. The van der Waals surface area contributed by atoms with E-state index in [9.17, 15) is 9.59 Å². The van der Waals surface area contributed by atoms with Gasteiger partial charge in [-0.2, -0.15) is 5.10 Å². The van der Waals surface area contributed by atoms with Crippen LogP contribution in [0.15, 0.2) is 36.7 Å². The fraction of sp³-hybridized carbons (Fsp3) is 0.391. The van der Waals surface area contributed by atoms with Crippen molar-refractivity contribution < 1.29 is 14.3 Å². The molecule has 0 unspecified atom stereocenters. The maximum absolute atomic E-state index is 13.0. The van der Waals surface area contributed by atoms with Crippen molar-refractivity contribution in [1.29, 1.82) is 0 Å². The van der Waals surface area contributed by atoms with Gasteiger partial charge in [0.25, 0.3) is 5.91 Å². The third-order valence-corrected chi connectivity index (χ3v) is 5.58. The van der Waals surface area contributed by atoms with Crippen LogP contribution in [0.1, 0.15) is 41.3 Å². The van der Waals surface area contributed by atoms with Crippen LogP contribution in [0, 0.1) is 6.92 Å². The molecule has 3 N–H and O–H groups in total. The highest BCUT2D eigenvalue weighted by Crippen LogP contribution is 2.28. The molecular formula is C23H28N6O3. The maximum Gasteiger partial charge on any atom is 0.273 e. The number of aryl methyl sites for hydroxylation is 2. The van der Waals surface area contributed by atoms with E-state index in [0.29, 0.717) is 36.7 Å². The lowest BCUT2D eigenvalue weighted by Gasteiger charge is -2.25. The molecule has 2 aromatic heterocycles. The van der Waals surface area contributed by atoms with E-state index in [2.05, 4.69) is 26.3 Å². The van der Waals surface area contributed by atoms with Gasteiger partial charge in [-0.3, -0.25) is 20.4 Å². The average Bonchev–Trinajstić information content (AvgIpc) is 3.23. The Morgan fingerprint density at radius 1 is 1.12 bits per heavy atom. The molecule has 1 aliphatic rings. The summed E-state index contributed by atoms with van der Waals surface area (Å²) in [5.74, 6) is -0.732. The van der Waals surface area contributed by atoms with Crippen LogP contribution < -0.4 is 16.2 Å². The highest BCUT2D eigenvalue weighted by molar-refractivity contribution is 6.06. The average molecular weight is 437 g/mol. The number of nitrogens with one attached hydrogen (secondary N) is 3. The number of pyridine rings is 1. The molecule has 1 aromatic carbocycles. The molecular weight excluding hydrogens is 408 g/mol. The molecule has 3 heterocycles. The van der Waals surface area contributed by atoms with E-state index in [1.165, 1.54) is 6.20 Å². The number of carbonyl (C=O) groups is 2. The standard InChI is InChI=1S/C23H28N6O3/c1-3-29-22-18(14-25-29)21(26-17-8-10-32-11-9-17)19(13-24-22)23(31)28-27-20(30)12-16-6-4-15(2)5-7-16/h4-7,13-14,17H,3,8-12H2,1-2H3,(H,24,26)(H,27,30)(H,28,31). The summed E-state index contributed by atoms with van der Waals surface area (Å²) in [6.07, 6.45) is 5.12. The zero-order valence-corrected chi connectivity index (χ0v) is 18.4. The quantitative estimate of drug-likeness (QED) is 0.512. The van der Waals surface area contributed by atoms with E-state index >= 15 is 0 Å². The fourth-order valence-corrected chi connectivity index (χ4v) is 3.76. The molecule has 0 aliphatic carbocycles. The van der Waals surface area contributed by atoms with Crippen LogP contribution in [-0.2, 0) is 22.5 Å². The second kappa shape index (κ2) is 9.78. The third-order valence-electron chi connectivity index (χ3n) is 5.58. The van der Waals surface area contributed by atoms with Gasteiger partial charge in [0.1, 0.15) is 0 Å². The van der Waals surface area contributed by atoms with Crippen LogP contribution >= 0.6 is 0 Å². The van der Waals surface area contributed by atoms with Crippen molar-refractivity contribution in [2.75, 3.05) is 18.5 Å². The van der Waals surface area contributed by atoms with Crippen molar-refractivity contribution in [1.82, 2.24) is 25.6 Å². The number of hydrogen-bond donors (Lipinski definition) is 3. The van der Waals surface area contributed by atoms with Gasteiger partial charge in [0, 0.05) is 32.0 Å². The van der Waals surface area contributed by atoms with Crippen molar-refractivity contribution in [3.63, 3.8) is 0 Å². The largest absolute Gasteiger partial charge is 0.381 e. The molecule has 9 nitrogen and oxygen atoms in total. The van der Waals surface area contributed by atoms with Crippen molar-refractivity contribution in [3.05, 3.63) is 53.3 Å². The molecule has 32 heavy (non-hydrogen) atoms. The van der Waals surface area contributed by atoms with E-state index in [1.54, 1.807) is 10.9 Å². The Kier molecular flexibility index (Phi) is 6.65. The number of ether oxygens (including phenoxy) is 1. The molecule has 1 aliphatic heterocycles. The molecule has 0 bridgehead atoms. The van der Waals surface area contributed by atoms with Crippen LogP contribution in [0.5, 0.6) is 0 Å². The molecule has 1 saturated heterocycles. The van der Waals surface area contributed by atoms with E-state index in [-0.39, 0.29) is 18.4 Å². The Balaban J connectivity index is 1.51. The molecule has 0 spiro atoms. The monoisotopic (exact) mass is 436 g/mol. The van der Waals surface area contributed by atoms with Crippen LogP contribution in [0.3, 0.4) is 0 Å². The van der Waals surface area contributed by atoms with Crippen LogP contribution in [0.25, 0.3) is 11.0 Å². The number of benzene rings is 1. The number of anilines is 1. The normalized spacial score (nSPS) is 14.3.